The topological polar surface area (TPSA) is 55.3 Å². The minimum atomic E-state index is -0.234. The summed E-state index contributed by atoms with van der Waals surface area (Å²) in [6, 6.07) is 0. The highest BCUT2D eigenvalue weighted by Crippen LogP contribution is 2.22. The molecule has 0 atom stereocenters. The number of rotatable bonds is 6. The van der Waals surface area contributed by atoms with Crippen molar-refractivity contribution >= 4 is 33.8 Å². The van der Waals surface area contributed by atoms with Crippen molar-refractivity contribution in [2.45, 2.75) is 26.8 Å². The summed E-state index contributed by atoms with van der Waals surface area (Å²) in [5.41, 5.74) is 1.79. The number of hydrogen-bond acceptors (Lipinski definition) is 7. The summed E-state index contributed by atoms with van der Waals surface area (Å²) in [6.07, 6.45) is 0.230. The Bertz CT molecular complexity index is 580. The molecule has 5 nitrogen and oxygen atoms in total. The normalized spacial score (nSPS) is 10.6. The summed E-state index contributed by atoms with van der Waals surface area (Å²) < 4.78 is 4.92. The number of aryl methyl sites for hydroxylation is 1. The zero-order chi connectivity index (χ0) is 14.5. The van der Waals surface area contributed by atoms with Crippen molar-refractivity contribution in [2.24, 2.45) is 0 Å². The van der Waals surface area contributed by atoms with E-state index in [1.807, 2.05) is 24.3 Å². The molecule has 0 unspecified atom stereocenters. The van der Waals surface area contributed by atoms with E-state index in [9.17, 15) is 4.79 Å². The Labute approximate surface area is 126 Å². The van der Waals surface area contributed by atoms with Crippen molar-refractivity contribution in [1.29, 1.82) is 0 Å². The zero-order valence-electron chi connectivity index (χ0n) is 11.8. The molecule has 0 saturated heterocycles. The lowest BCUT2D eigenvalue weighted by molar-refractivity contribution is -0.142. The Morgan fingerprint density at radius 1 is 1.30 bits per heavy atom. The smallest absolute Gasteiger partial charge is 0.311 e. The molecule has 7 heteroatoms. The number of anilines is 1. The number of esters is 1. The van der Waals surface area contributed by atoms with Crippen LogP contribution >= 0.6 is 22.7 Å². The van der Waals surface area contributed by atoms with Gasteiger partial charge in [0.2, 0.25) is 0 Å². The summed E-state index contributed by atoms with van der Waals surface area (Å²) >= 11 is 3.17. The van der Waals surface area contributed by atoms with E-state index in [1.165, 1.54) is 11.3 Å². The molecule has 0 aliphatic heterocycles. The lowest BCUT2D eigenvalue weighted by Crippen LogP contribution is -2.16. The van der Waals surface area contributed by atoms with Crippen molar-refractivity contribution in [3.05, 3.63) is 27.2 Å². The largest absolute Gasteiger partial charge is 0.466 e. The Balaban J connectivity index is 1.95. The third-order valence-electron chi connectivity index (χ3n) is 2.56. The van der Waals surface area contributed by atoms with Crippen molar-refractivity contribution in [1.82, 2.24) is 9.97 Å². The van der Waals surface area contributed by atoms with Crippen LogP contribution in [0.2, 0.25) is 0 Å². The van der Waals surface area contributed by atoms with E-state index in [1.54, 1.807) is 18.3 Å². The number of hydrogen-bond donors (Lipinski definition) is 0. The summed E-state index contributed by atoms with van der Waals surface area (Å²) in [6.45, 7) is 4.92. The molecule has 0 N–H and O–H groups in total. The van der Waals surface area contributed by atoms with Gasteiger partial charge in [-0.3, -0.25) is 4.79 Å². The second kappa shape index (κ2) is 6.81. The second-order valence-corrected chi connectivity index (χ2v) is 6.22. The molecule has 0 aliphatic rings. The van der Waals surface area contributed by atoms with Crippen molar-refractivity contribution in [3.8, 4) is 0 Å². The SMILES string of the molecule is CCOC(=O)Cc1csc(N(C)Cc2csc(C)n2)n1. The van der Waals surface area contributed by atoms with Crippen LogP contribution in [-0.2, 0) is 22.5 Å². The lowest BCUT2D eigenvalue weighted by atomic mass is 10.3. The minimum Gasteiger partial charge on any atom is -0.466 e. The third kappa shape index (κ3) is 4.01. The van der Waals surface area contributed by atoms with E-state index >= 15 is 0 Å². The van der Waals surface area contributed by atoms with Gasteiger partial charge < -0.3 is 9.64 Å². The fraction of sp³-hybridized carbons (Fsp3) is 0.462. The average molecular weight is 311 g/mol. The Morgan fingerprint density at radius 2 is 2.05 bits per heavy atom. The highest BCUT2D eigenvalue weighted by Gasteiger charge is 2.12. The summed E-state index contributed by atoms with van der Waals surface area (Å²) in [5.74, 6) is -0.234. The highest BCUT2D eigenvalue weighted by atomic mass is 32.1. The first-order chi connectivity index (χ1) is 9.58. The van der Waals surface area contributed by atoms with Crippen molar-refractivity contribution in [2.75, 3.05) is 18.6 Å². The van der Waals surface area contributed by atoms with Gasteiger partial charge in [0.05, 0.1) is 36.0 Å². The van der Waals surface area contributed by atoms with Gasteiger partial charge in [-0.1, -0.05) is 0 Å². The number of carbonyl (C=O) groups excluding carboxylic acids is 1. The van der Waals surface area contributed by atoms with E-state index in [0.717, 1.165) is 28.1 Å². The molecule has 0 saturated carbocycles. The van der Waals surface area contributed by atoms with E-state index < -0.39 is 0 Å². The molecule has 2 aromatic rings. The van der Waals surface area contributed by atoms with Gasteiger partial charge in [0.15, 0.2) is 5.13 Å². The number of carbonyl (C=O) groups is 1. The van der Waals surface area contributed by atoms with Gasteiger partial charge in [-0.05, 0) is 13.8 Å². The van der Waals surface area contributed by atoms with Crippen LogP contribution in [0.4, 0.5) is 5.13 Å². The maximum atomic E-state index is 11.4. The third-order valence-corrected chi connectivity index (χ3v) is 4.39. The van der Waals surface area contributed by atoms with Gasteiger partial charge in [-0.25, -0.2) is 9.97 Å². The van der Waals surface area contributed by atoms with E-state index in [4.69, 9.17) is 4.74 Å². The number of nitrogens with zero attached hydrogens (tertiary/aromatic N) is 3. The fourth-order valence-corrected chi connectivity index (χ4v) is 3.10. The van der Waals surface area contributed by atoms with Crippen LogP contribution in [-0.4, -0.2) is 29.6 Å². The first-order valence-corrected chi connectivity index (χ1v) is 8.06. The van der Waals surface area contributed by atoms with E-state index in [0.29, 0.717) is 6.61 Å². The van der Waals surface area contributed by atoms with Crippen molar-refractivity contribution < 1.29 is 9.53 Å². The standard InChI is InChI=1S/C13H17N3O2S2/c1-4-18-12(17)5-10-7-20-13(15-10)16(3)6-11-8-19-9(2)14-11/h7-8H,4-6H2,1-3H3. The molecule has 108 valence electrons. The first kappa shape index (κ1) is 14.9. The number of thiazole rings is 2. The Hall–Kier alpha value is -1.47. The van der Waals surface area contributed by atoms with Gasteiger partial charge in [0, 0.05) is 17.8 Å². The van der Waals surface area contributed by atoms with Crippen LogP contribution in [0, 0.1) is 6.92 Å². The molecule has 0 aliphatic carbocycles. The number of ether oxygens (including phenoxy) is 1. The summed E-state index contributed by atoms with van der Waals surface area (Å²) in [5, 5.41) is 5.90. The van der Waals surface area contributed by atoms with Crippen LogP contribution in [0.1, 0.15) is 23.3 Å². The van der Waals surface area contributed by atoms with Gasteiger partial charge >= 0.3 is 5.97 Å². The van der Waals surface area contributed by atoms with Crippen LogP contribution in [0.25, 0.3) is 0 Å². The Morgan fingerprint density at radius 3 is 2.70 bits per heavy atom. The molecule has 20 heavy (non-hydrogen) atoms. The monoisotopic (exact) mass is 311 g/mol. The van der Waals surface area contributed by atoms with E-state index in [2.05, 4.69) is 15.3 Å². The van der Waals surface area contributed by atoms with Crippen LogP contribution in [0.3, 0.4) is 0 Å². The second-order valence-electron chi connectivity index (χ2n) is 4.32. The predicted octanol–water partition coefficient (Wildman–Crippen LogP) is 2.65. The maximum Gasteiger partial charge on any atom is 0.311 e. The highest BCUT2D eigenvalue weighted by molar-refractivity contribution is 7.13. The molecule has 2 heterocycles. The molecular formula is C13H17N3O2S2. The molecule has 0 spiro atoms. The quantitative estimate of drug-likeness (QED) is 0.768. The molecule has 2 rings (SSSR count). The van der Waals surface area contributed by atoms with Gasteiger partial charge in [0.1, 0.15) is 0 Å². The van der Waals surface area contributed by atoms with Gasteiger partial charge in [-0.15, -0.1) is 22.7 Å². The van der Waals surface area contributed by atoms with Gasteiger partial charge in [0.25, 0.3) is 0 Å². The molecular weight excluding hydrogens is 294 g/mol. The van der Waals surface area contributed by atoms with Crippen LogP contribution in [0.15, 0.2) is 10.8 Å². The molecule has 2 aromatic heterocycles. The molecule has 0 aromatic carbocycles. The Kier molecular flexibility index (Phi) is 5.08. The van der Waals surface area contributed by atoms with E-state index in [-0.39, 0.29) is 12.4 Å². The van der Waals surface area contributed by atoms with Crippen LogP contribution in [0.5, 0.6) is 0 Å². The van der Waals surface area contributed by atoms with Gasteiger partial charge in [-0.2, -0.15) is 0 Å². The molecule has 0 amide bonds. The summed E-state index contributed by atoms with van der Waals surface area (Å²) in [7, 11) is 1.97. The predicted molar refractivity (Wildman–Crippen MR) is 81.4 cm³/mol. The first-order valence-electron chi connectivity index (χ1n) is 6.30. The fourth-order valence-electron chi connectivity index (χ4n) is 1.70. The molecule has 0 bridgehead atoms. The maximum absolute atomic E-state index is 11.4. The van der Waals surface area contributed by atoms with Crippen molar-refractivity contribution in [3.63, 3.8) is 0 Å². The minimum absolute atomic E-state index is 0.230. The molecule has 0 fully saturated rings. The zero-order valence-corrected chi connectivity index (χ0v) is 13.4. The lowest BCUT2D eigenvalue weighted by Gasteiger charge is -2.13. The number of aromatic nitrogens is 2. The summed E-state index contributed by atoms with van der Waals surface area (Å²) in [4.78, 5) is 22.3. The van der Waals surface area contributed by atoms with Crippen LogP contribution < -0.4 is 4.90 Å². The molecule has 0 radical (unpaired) electrons. The average Bonchev–Trinajstić information content (AvgIpc) is 2.99.